The number of nitro benzene ring substituents is 1. The van der Waals surface area contributed by atoms with Crippen molar-refractivity contribution in [1.29, 1.82) is 0 Å². The standard InChI is InChI=1S/C52H61ClN8O10S/c1-52(2)26-42(33-5-7-35(53)8-6-33)43-30-59-19-18-58(29-37(59)31-68-20-4-22-69-48(43)27-52)36-9-13-41(45(24-36)60-17-3-21-70-51-47(60)23-34-15-16-54-49(34)56-51)50(63)57-72(66,67)40-12-14-44(46(25-40)61(64)65)55-28-39-11-10-38(62)32-71-39/h5-9,12-16,23-25,37-39,48,55,62H,3-4,10-11,17-22,26-32H2,1-2H3,(H,54,56)(H,57,63)/t37-,38+,39-,48+/m0/s1. The maximum atomic E-state index is 14.6. The van der Waals surface area contributed by atoms with Crippen LogP contribution in [0.1, 0.15) is 68.3 Å². The minimum atomic E-state index is -4.65. The monoisotopic (exact) mass is 1020 g/mol. The Morgan fingerprint density at radius 3 is 2.62 bits per heavy atom. The van der Waals surface area contributed by atoms with Crippen LogP contribution >= 0.6 is 11.6 Å². The number of aliphatic hydroxyl groups excluding tert-OH is 1. The first-order chi connectivity index (χ1) is 34.7. The van der Waals surface area contributed by atoms with Crippen LogP contribution in [0.3, 0.4) is 0 Å². The maximum absolute atomic E-state index is 14.6. The number of aliphatic hydroxyl groups is 1. The SMILES string of the molecule is CC1(C)CC(c2ccc(Cl)cc2)=C2CN3CCN(c4ccc(C(=O)NS(=O)(=O)c5ccc(NC[C@@H]6CC[C@@H](O)CO6)c([N+](=O)[O-])c5)c(N5CCCOc6nc7[nH]ccc7cc65)c4)C[C@H]3COCCCO[C@@H]2C1. The van der Waals surface area contributed by atoms with Gasteiger partial charge in [-0.2, -0.15) is 4.98 Å². The molecule has 4 aliphatic heterocycles. The molecule has 3 saturated heterocycles. The van der Waals surface area contributed by atoms with Crippen LogP contribution in [-0.2, 0) is 24.2 Å². The summed E-state index contributed by atoms with van der Waals surface area (Å²) in [5.74, 6) is -0.552. The zero-order valence-corrected chi connectivity index (χ0v) is 42.1. The number of hydrogen-bond acceptors (Lipinski definition) is 15. The Morgan fingerprint density at radius 1 is 0.972 bits per heavy atom. The van der Waals surface area contributed by atoms with Crippen molar-refractivity contribution in [3.8, 4) is 5.88 Å². The van der Waals surface area contributed by atoms with Gasteiger partial charge in [0, 0.05) is 80.8 Å². The number of benzene rings is 3. The second kappa shape index (κ2) is 21.0. The van der Waals surface area contributed by atoms with E-state index in [2.05, 4.69) is 50.8 Å². The number of nitrogens with zero attached hydrogens (tertiary/aromatic N) is 5. The predicted octanol–water partition coefficient (Wildman–Crippen LogP) is 7.69. The van der Waals surface area contributed by atoms with Crippen molar-refractivity contribution in [1.82, 2.24) is 19.6 Å². The minimum Gasteiger partial charge on any atom is -0.476 e. The van der Waals surface area contributed by atoms with E-state index >= 15 is 0 Å². The molecule has 20 heteroatoms. The van der Waals surface area contributed by atoms with Gasteiger partial charge < -0.3 is 44.2 Å². The first-order valence-corrected chi connectivity index (χ1v) is 26.6. The summed E-state index contributed by atoms with van der Waals surface area (Å²) in [6.07, 6.45) is 5.16. The van der Waals surface area contributed by atoms with Crippen molar-refractivity contribution in [3.63, 3.8) is 0 Å². The fraction of sp³-hybridized carbons (Fsp3) is 0.462. The van der Waals surface area contributed by atoms with Gasteiger partial charge in [-0.15, -0.1) is 0 Å². The molecule has 0 spiro atoms. The summed E-state index contributed by atoms with van der Waals surface area (Å²) in [5, 5.41) is 26.6. The van der Waals surface area contributed by atoms with Crippen molar-refractivity contribution < 1.29 is 42.2 Å². The Hall–Kier alpha value is -5.80. The number of carbonyl (C=O) groups is 1. The van der Waals surface area contributed by atoms with E-state index in [1.807, 2.05) is 41.3 Å². The van der Waals surface area contributed by atoms with Crippen LogP contribution < -0.4 is 24.6 Å². The van der Waals surface area contributed by atoms with Gasteiger partial charge >= 0.3 is 0 Å². The molecule has 382 valence electrons. The number of ether oxygens (including phenoxy) is 4. The van der Waals surface area contributed by atoms with Crippen LogP contribution in [0.15, 0.2) is 89.5 Å². The molecule has 0 unspecified atom stereocenters. The van der Waals surface area contributed by atoms with E-state index in [1.54, 1.807) is 12.3 Å². The van der Waals surface area contributed by atoms with Gasteiger partial charge in [0.1, 0.15) is 17.0 Å². The van der Waals surface area contributed by atoms with Gasteiger partial charge in [0.25, 0.3) is 21.6 Å². The smallest absolute Gasteiger partial charge is 0.293 e. The summed E-state index contributed by atoms with van der Waals surface area (Å²) in [4.78, 5) is 40.4. The van der Waals surface area contributed by atoms with Crippen molar-refractivity contribution in [2.75, 3.05) is 87.4 Å². The van der Waals surface area contributed by atoms with Crippen molar-refractivity contribution in [2.24, 2.45) is 5.41 Å². The van der Waals surface area contributed by atoms with E-state index in [1.165, 1.54) is 23.3 Å². The Kier molecular flexibility index (Phi) is 14.5. The highest BCUT2D eigenvalue weighted by Crippen LogP contribution is 2.46. The highest BCUT2D eigenvalue weighted by molar-refractivity contribution is 7.90. The molecule has 72 heavy (non-hydrogen) atoms. The van der Waals surface area contributed by atoms with E-state index in [9.17, 15) is 28.4 Å². The number of rotatable bonds is 10. The molecule has 5 aliphatic rings. The number of pyridine rings is 1. The third kappa shape index (κ3) is 10.9. The number of aromatic nitrogens is 2. The van der Waals surface area contributed by atoms with Gasteiger partial charge in [-0.25, -0.2) is 13.1 Å². The Labute approximate surface area is 423 Å². The molecule has 1 aliphatic carbocycles. The molecule has 2 aromatic heterocycles. The van der Waals surface area contributed by atoms with Gasteiger partial charge in [-0.3, -0.25) is 19.8 Å². The molecule has 3 fully saturated rings. The molecule has 4 atom stereocenters. The maximum Gasteiger partial charge on any atom is 0.293 e. The number of nitro groups is 1. The number of piperazine rings is 1. The lowest BCUT2D eigenvalue weighted by Gasteiger charge is -2.45. The van der Waals surface area contributed by atoms with Crippen LogP contribution in [0.2, 0.25) is 5.02 Å². The average molecular weight is 1030 g/mol. The van der Waals surface area contributed by atoms with Crippen LogP contribution in [-0.4, -0.2) is 136 Å². The number of nitrogens with one attached hydrogen (secondary N) is 3. The molecular formula is C52H61ClN8O10S. The van der Waals surface area contributed by atoms with Gasteiger partial charge in [-0.05, 0) is 115 Å². The van der Waals surface area contributed by atoms with E-state index in [-0.39, 0.29) is 48.1 Å². The molecule has 5 aromatic rings. The normalized spacial score (nSPS) is 23.2. The van der Waals surface area contributed by atoms with E-state index < -0.39 is 37.5 Å². The molecule has 1 amide bonds. The van der Waals surface area contributed by atoms with Gasteiger partial charge in [0.15, 0.2) is 0 Å². The molecule has 0 bridgehead atoms. The number of hydrogen-bond donors (Lipinski definition) is 4. The summed E-state index contributed by atoms with van der Waals surface area (Å²) < 4.78 is 55.3. The average Bonchev–Trinajstić information content (AvgIpc) is 3.71. The number of halogens is 1. The fourth-order valence-electron chi connectivity index (χ4n) is 10.6. The van der Waals surface area contributed by atoms with E-state index in [4.69, 9.17) is 35.5 Å². The number of amides is 1. The van der Waals surface area contributed by atoms with Crippen LogP contribution in [0, 0.1) is 15.5 Å². The second-order valence-corrected chi connectivity index (χ2v) is 22.3. The zero-order valence-electron chi connectivity index (χ0n) is 40.5. The van der Waals surface area contributed by atoms with Crippen LogP contribution in [0.5, 0.6) is 5.88 Å². The summed E-state index contributed by atoms with van der Waals surface area (Å²) in [6, 6.07) is 20.8. The lowest BCUT2D eigenvalue weighted by molar-refractivity contribution is -0.384. The molecule has 3 aromatic carbocycles. The first-order valence-electron chi connectivity index (χ1n) is 24.8. The lowest BCUT2D eigenvalue weighted by atomic mass is 9.71. The number of fused-ring (bicyclic) bond motifs is 4. The highest BCUT2D eigenvalue weighted by atomic mass is 35.5. The fourth-order valence-corrected chi connectivity index (χ4v) is 11.7. The third-order valence-electron chi connectivity index (χ3n) is 14.4. The predicted molar refractivity (Wildman–Crippen MR) is 275 cm³/mol. The summed E-state index contributed by atoms with van der Waals surface area (Å²) >= 11 is 6.37. The molecule has 0 radical (unpaired) electrons. The first kappa shape index (κ1) is 49.8. The Bertz CT molecular complexity index is 2960. The third-order valence-corrected chi connectivity index (χ3v) is 16.0. The van der Waals surface area contributed by atoms with Crippen molar-refractivity contribution >= 4 is 72.6 Å². The number of anilines is 4. The minimum absolute atomic E-state index is 0.00150. The molecule has 18 nitrogen and oxygen atoms in total. The van der Waals surface area contributed by atoms with Gasteiger partial charge in [0.05, 0.1) is 65.2 Å². The number of sulfonamides is 1. The van der Waals surface area contributed by atoms with Gasteiger partial charge in [0.2, 0.25) is 5.88 Å². The molecule has 10 rings (SSSR count). The molecule has 4 N–H and O–H groups in total. The summed E-state index contributed by atoms with van der Waals surface area (Å²) in [6.45, 7) is 10.2. The van der Waals surface area contributed by atoms with E-state index in [0.717, 1.165) is 42.0 Å². The summed E-state index contributed by atoms with van der Waals surface area (Å²) in [7, 11) is -4.65. The van der Waals surface area contributed by atoms with Crippen LogP contribution in [0.25, 0.3) is 16.6 Å². The topological polar surface area (TPSA) is 214 Å². The quantitative estimate of drug-likeness (QED) is 0.0780. The largest absolute Gasteiger partial charge is 0.476 e. The number of carbonyl (C=O) groups excluding carboxylic acids is 1. The Balaban J connectivity index is 0.962. The summed E-state index contributed by atoms with van der Waals surface area (Å²) in [5.41, 5.74) is 5.99. The van der Waals surface area contributed by atoms with Gasteiger partial charge in [-0.1, -0.05) is 37.6 Å². The number of allylic oxidation sites excluding steroid dienone is 1. The van der Waals surface area contributed by atoms with Crippen molar-refractivity contribution in [2.45, 2.75) is 81.6 Å². The van der Waals surface area contributed by atoms with Crippen LogP contribution in [0.4, 0.5) is 28.4 Å². The highest BCUT2D eigenvalue weighted by Gasteiger charge is 2.39. The number of aromatic amines is 1. The van der Waals surface area contributed by atoms with E-state index in [0.29, 0.717) is 106 Å². The molecule has 0 saturated carbocycles. The second-order valence-electron chi connectivity index (χ2n) is 20.1. The molecular weight excluding hydrogens is 964 g/mol. The Morgan fingerprint density at radius 2 is 1.82 bits per heavy atom. The number of H-pyrrole nitrogens is 1. The zero-order chi connectivity index (χ0) is 50.1. The molecule has 6 heterocycles. The van der Waals surface area contributed by atoms with Crippen molar-refractivity contribution in [3.05, 3.63) is 111 Å². The lowest BCUT2D eigenvalue weighted by Crippen LogP contribution is -2.56.